The molecule has 116 valence electrons. The number of nitrogens with one attached hydrogen (secondary N) is 2. The number of aromatic nitrogens is 2. The van der Waals surface area contributed by atoms with Gasteiger partial charge in [-0.2, -0.15) is 10.4 Å². The number of hydrogen-bond donors (Lipinski definition) is 4. The summed E-state index contributed by atoms with van der Waals surface area (Å²) in [5, 5.41) is 18.6. The second kappa shape index (κ2) is 9.64. The molecule has 0 radical (unpaired) electrons. The summed E-state index contributed by atoms with van der Waals surface area (Å²) in [6, 6.07) is 2.05. The van der Waals surface area contributed by atoms with E-state index in [0.717, 1.165) is 25.1 Å². The molecule has 1 aromatic heterocycles. The van der Waals surface area contributed by atoms with Gasteiger partial charge < -0.3 is 16.8 Å². The second-order valence-corrected chi connectivity index (χ2v) is 4.93. The van der Waals surface area contributed by atoms with Gasteiger partial charge in [0.2, 0.25) is 0 Å². The van der Waals surface area contributed by atoms with Gasteiger partial charge in [-0.05, 0) is 19.3 Å². The highest BCUT2D eigenvalue weighted by Crippen LogP contribution is 2.13. The number of aromatic amines is 1. The van der Waals surface area contributed by atoms with Crippen LogP contribution in [0.1, 0.15) is 50.3 Å². The summed E-state index contributed by atoms with van der Waals surface area (Å²) in [5.41, 5.74) is 12.5. The molecule has 7 heteroatoms. The highest BCUT2D eigenvalue weighted by Gasteiger charge is 2.09. The minimum atomic E-state index is 0.254. The summed E-state index contributed by atoms with van der Waals surface area (Å²) in [7, 11) is 0. The summed E-state index contributed by atoms with van der Waals surface area (Å²) in [6.07, 6.45) is 6.28. The largest absolute Gasteiger partial charge is 0.381 e. The molecule has 0 bridgehead atoms. The number of nitrogens with zero attached hydrogens (tertiary/aromatic N) is 3. The second-order valence-electron chi connectivity index (χ2n) is 4.93. The third kappa shape index (κ3) is 6.17. The number of aryl methyl sites for hydroxylation is 1. The zero-order valence-corrected chi connectivity index (χ0v) is 12.7. The third-order valence-electron chi connectivity index (χ3n) is 3.18. The molecule has 0 amide bonds. The van der Waals surface area contributed by atoms with Crippen LogP contribution in [-0.4, -0.2) is 29.2 Å². The molecule has 1 heterocycles. The van der Waals surface area contributed by atoms with Crippen LogP contribution in [0.25, 0.3) is 0 Å². The monoisotopic (exact) mass is 291 g/mol. The molecule has 0 saturated carbocycles. The SMILES string of the molecule is CCCCCCNC(N)=NCCCc1[nH]nc(N)c1C#N. The number of rotatable bonds is 9. The predicted octanol–water partition coefficient (Wildman–Crippen LogP) is 1.28. The maximum atomic E-state index is 8.94. The van der Waals surface area contributed by atoms with Crippen molar-refractivity contribution in [2.24, 2.45) is 10.7 Å². The van der Waals surface area contributed by atoms with Crippen LogP contribution in [0.4, 0.5) is 5.82 Å². The van der Waals surface area contributed by atoms with Crippen LogP contribution in [0.2, 0.25) is 0 Å². The Morgan fingerprint density at radius 3 is 2.90 bits per heavy atom. The van der Waals surface area contributed by atoms with Gasteiger partial charge in [0.1, 0.15) is 11.6 Å². The minimum Gasteiger partial charge on any atom is -0.381 e. The fourth-order valence-corrected chi connectivity index (χ4v) is 1.98. The van der Waals surface area contributed by atoms with Crippen molar-refractivity contribution >= 4 is 11.8 Å². The molecule has 0 aliphatic heterocycles. The third-order valence-corrected chi connectivity index (χ3v) is 3.18. The van der Waals surface area contributed by atoms with Gasteiger partial charge in [0.25, 0.3) is 0 Å². The fraction of sp³-hybridized carbons (Fsp3) is 0.643. The van der Waals surface area contributed by atoms with E-state index in [1.54, 1.807) is 0 Å². The molecule has 0 aliphatic rings. The Morgan fingerprint density at radius 2 is 2.19 bits per heavy atom. The standard InChI is InChI=1S/C14H25N7/c1-2-3-4-5-8-18-14(17)19-9-6-7-12-11(10-15)13(16)21-20-12/h2-9H2,1H3,(H3,16,20,21)(H3,17,18,19). The molecule has 0 aromatic carbocycles. The van der Waals surface area contributed by atoms with Gasteiger partial charge in [-0.3, -0.25) is 10.1 Å². The van der Waals surface area contributed by atoms with E-state index in [4.69, 9.17) is 16.7 Å². The van der Waals surface area contributed by atoms with Crippen LogP contribution in [0, 0.1) is 11.3 Å². The highest BCUT2D eigenvalue weighted by atomic mass is 15.2. The first kappa shape index (κ1) is 16.8. The Labute approximate surface area is 125 Å². The van der Waals surface area contributed by atoms with Crippen molar-refractivity contribution in [2.75, 3.05) is 18.8 Å². The number of H-pyrrole nitrogens is 1. The van der Waals surface area contributed by atoms with Gasteiger partial charge in [0.05, 0.1) is 5.69 Å². The number of nitrogens with two attached hydrogens (primary N) is 2. The number of unbranched alkanes of at least 4 members (excludes halogenated alkanes) is 3. The molecule has 1 aromatic rings. The summed E-state index contributed by atoms with van der Waals surface area (Å²) >= 11 is 0. The van der Waals surface area contributed by atoms with Crippen LogP contribution in [0.3, 0.4) is 0 Å². The van der Waals surface area contributed by atoms with E-state index < -0.39 is 0 Å². The van der Waals surface area contributed by atoms with Crippen LogP contribution < -0.4 is 16.8 Å². The molecule has 0 atom stereocenters. The molecule has 0 saturated heterocycles. The lowest BCUT2D eigenvalue weighted by Crippen LogP contribution is -2.32. The molecule has 6 N–H and O–H groups in total. The van der Waals surface area contributed by atoms with Crippen molar-refractivity contribution in [1.82, 2.24) is 15.5 Å². The van der Waals surface area contributed by atoms with Crippen LogP contribution in [0.15, 0.2) is 4.99 Å². The molecular formula is C14H25N7. The summed E-state index contributed by atoms with van der Waals surface area (Å²) in [6.45, 7) is 3.66. The van der Waals surface area contributed by atoms with Gasteiger partial charge in [-0.15, -0.1) is 0 Å². The van der Waals surface area contributed by atoms with Crippen molar-refractivity contribution in [1.29, 1.82) is 5.26 Å². The number of hydrogen-bond acceptors (Lipinski definition) is 4. The molecule has 1 rings (SSSR count). The molecule has 21 heavy (non-hydrogen) atoms. The fourth-order valence-electron chi connectivity index (χ4n) is 1.98. The van der Waals surface area contributed by atoms with Crippen molar-refractivity contribution < 1.29 is 0 Å². The topological polar surface area (TPSA) is 129 Å². The Hall–Kier alpha value is -2.23. The van der Waals surface area contributed by atoms with Gasteiger partial charge in [-0.1, -0.05) is 26.2 Å². The number of nitrogen functional groups attached to an aromatic ring is 1. The van der Waals surface area contributed by atoms with E-state index in [1.807, 2.05) is 6.07 Å². The Bertz CT molecular complexity index is 484. The van der Waals surface area contributed by atoms with E-state index in [9.17, 15) is 0 Å². The lowest BCUT2D eigenvalue weighted by molar-refractivity contribution is 0.651. The summed E-state index contributed by atoms with van der Waals surface area (Å²) in [4.78, 5) is 4.25. The number of aliphatic imine (C=N–C) groups is 1. The maximum Gasteiger partial charge on any atom is 0.188 e. The molecule has 0 unspecified atom stereocenters. The van der Waals surface area contributed by atoms with Crippen LogP contribution >= 0.6 is 0 Å². The Kier molecular flexibility index (Phi) is 7.72. The smallest absolute Gasteiger partial charge is 0.188 e. The predicted molar refractivity (Wildman–Crippen MR) is 84.7 cm³/mol. The first-order valence-electron chi connectivity index (χ1n) is 7.45. The van der Waals surface area contributed by atoms with E-state index in [-0.39, 0.29) is 5.82 Å². The maximum absolute atomic E-state index is 8.94. The van der Waals surface area contributed by atoms with Crippen molar-refractivity contribution in [2.45, 2.75) is 45.4 Å². The van der Waals surface area contributed by atoms with Gasteiger partial charge in [0.15, 0.2) is 11.8 Å². The van der Waals surface area contributed by atoms with Gasteiger partial charge in [-0.25, -0.2) is 0 Å². The van der Waals surface area contributed by atoms with E-state index in [0.29, 0.717) is 24.5 Å². The van der Waals surface area contributed by atoms with Crippen LogP contribution in [0.5, 0.6) is 0 Å². The van der Waals surface area contributed by atoms with Crippen molar-refractivity contribution in [3.8, 4) is 6.07 Å². The first-order valence-corrected chi connectivity index (χ1v) is 7.45. The zero-order chi connectivity index (χ0) is 15.5. The van der Waals surface area contributed by atoms with Crippen LogP contribution in [-0.2, 0) is 6.42 Å². The molecular weight excluding hydrogens is 266 g/mol. The first-order chi connectivity index (χ1) is 10.2. The Morgan fingerprint density at radius 1 is 1.38 bits per heavy atom. The quantitative estimate of drug-likeness (QED) is 0.309. The molecule has 0 fully saturated rings. The van der Waals surface area contributed by atoms with Gasteiger partial charge >= 0.3 is 0 Å². The number of nitriles is 1. The normalized spacial score (nSPS) is 11.3. The summed E-state index contributed by atoms with van der Waals surface area (Å²) in [5.74, 6) is 0.736. The highest BCUT2D eigenvalue weighted by molar-refractivity contribution is 5.77. The summed E-state index contributed by atoms with van der Waals surface area (Å²) < 4.78 is 0. The van der Waals surface area contributed by atoms with E-state index in [2.05, 4.69) is 27.4 Å². The Balaban J connectivity index is 2.20. The lowest BCUT2D eigenvalue weighted by Gasteiger charge is -2.05. The van der Waals surface area contributed by atoms with E-state index >= 15 is 0 Å². The van der Waals surface area contributed by atoms with Gasteiger partial charge in [0, 0.05) is 13.1 Å². The number of anilines is 1. The van der Waals surface area contributed by atoms with Crippen molar-refractivity contribution in [3.05, 3.63) is 11.3 Å². The molecule has 7 nitrogen and oxygen atoms in total. The number of guanidine groups is 1. The lowest BCUT2D eigenvalue weighted by atomic mass is 10.1. The molecule has 0 aliphatic carbocycles. The zero-order valence-electron chi connectivity index (χ0n) is 12.7. The average Bonchev–Trinajstić information content (AvgIpc) is 2.83. The van der Waals surface area contributed by atoms with Crippen molar-refractivity contribution in [3.63, 3.8) is 0 Å². The molecule has 0 spiro atoms. The van der Waals surface area contributed by atoms with E-state index in [1.165, 1.54) is 19.3 Å². The minimum absolute atomic E-state index is 0.254. The average molecular weight is 291 g/mol.